The zero-order valence-corrected chi connectivity index (χ0v) is 23.8. The average molecular weight is 622 g/mol. The van der Waals surface area contributed by atoms with Gasteiger partial charge in [-0.15, -0.1) is 0 Å². The van der Waals surface area contributed by atoms with E-state index in [1.165, 1.54) is 48.0 Å². The number of nitrogens with one attached hydrogen (secondary N) is 2. The van der Waals surface area contributed by atoms with Gasteiger partial charge in [0.1, 0.15) is 24.6 Å². The number of anilines is 1. The zero-order valence-electron chi connectivity index (χ0n) is 23.0. The first-order chi connectivity index (χ1) is 20.3. The van der Waals surface area contributed by atoms with E-state index >= 15 is 0 Å². The monoisotopic (exact) mass is 621 g/mol. The number of ketones is 1. The normalized spacial score (nSPS) is 19.6. The molecule has 3 heterocycles. The van der Waals surface area contributed by atoms with Crippen molar-refractivity contribution in [3.8, 4) is 0 Å². The van der Waals surface area contributed by atoms with Gasteiger partial charge in [-0.2, -0.15) is 0 Å². The molecule has 5 rings (SSSR count). The van der Waals surface area contributed by atoms with Crippen LogP contribution in [0.2, 0.25) is 5.02 Å². The summed E-state index contributed by atoms with van der Waals surface area (Å²) in [6, 6.07) is 7.10. The molecule has 0 radical (unpaired) electrons. The van der Waals surface area contributed by atoms with Crippen molar-refractivity contribution in [2.45, 2.75) is 51.0 Å². The van der Waals surface area contributed by atoms with Gasteiger partial charge in [0.25, 0.3) is 5.92 Å². The highest BCUT2D eigenvalue weighted by Crippen LogP contribution is 2.30. The van der Waals surface area contributed by atoms with Crippen LogP contribution < -0.4 is 10.6 Å². The van der Waals surface area contributed by atoms with Crippen molar-refractivity contribution >= 4 is 51.8 Å². The number of benzene rings is 2. The topological polar surface area (TPSA) is 104 Å². The molecule has 14 heteroatoms. The van der Waals surface area contributed by atoms with E-state index in [0.717, 1.165) is 9.80 Å². The number of urea groups is 1. The van der Waals surface area contributed by atoms with Crippen LogP contribution in [0.15, 0.2) is 42.6 Å². The Morgan fingerprint density at radius 3 is 2.60 bits per heavy atom. The second-order valence-corrected chi connectivity index (χ2v) is 11.1. The number of likely N-dealkylation sites (tertiary alicyclic amines) is 2. The van der Waals surface area contributed by atoms with Crippen molar-refractivity contribution in [3.63, 3.8) is 0 Å². The molecule has 0 bridgehead atoms. The SMILES string of the molecule is CC(=O)c1cn(CC(=O)N2C[C@H](F)C[C@H]2C(=O)NCc2cccc(Cl)c2F)c2ccc(NC(=O)N3CCC(F)(F)C3)cc12. The number of halogens is 5. The smallest absolute Gasteiger partial charge is 0.322 e. The van der Waals surface area contributed by atoms with Crippen LogP contribution in [0.4, 0.5) is 28.0 Å². The number of amides is 4. The van der Waals surface area contributed by atoms with Crippen LogP contribution in [0.25, 0.3) is 10.9 Å². The quantitative estimate of drug-likeness (QED) is 0.293. The lowest BCUT2D eigenvalue weighted by atomic mass is 10.1. The molecule has 43 heavy (non-hydrogen) atoms. The van der Waals surface area contributed by atoms with Crippen LogP contribution >= 0.6 is 11.6 Å². The molecule has 4 amide bonds. The van der Waals surface area contributed by atoms with Crippen LogP contribution in [0.5, 0.6) is 0 Å². The van der Waals surface area contributed by atoms with Gasteiger partial charge in [-0.25, -0.2) is 22.4 Å². The molecule has 0 unspecified atom stereocenters. The number of hydrogen-bond donors (Lipinski definition) is 2. The number of carbonyl (C=O) groups is 4. The van der Waals surface area contributed by atoms with Gasteiger partial charge >= 0.3 is 6.03 Å². The molecule has 0 saturated carbocycles. The number of carbonyl (C=O) groups excluding carboxylic acids is 4. The highest BCUT2D eigenvalue weighted by Gasteiger charge is 2.41. The zero-order chi connectivity index (χ0) is 31.1. The first-order valence-electron chi connectivity index (χ1n) is 13.5. The number of aromatic nitrogens is 1. The number of fused-ring (bicyclic) bond motifs is 1. The van der Waals surface area contributed by atoms with Crippen molar-refractivity contribution in [1.82, 2.24) is 19.7 Å². The predicted octanol–water partition coefficient (Wildman–Crippen LogP) is 4.76. The lowest BCUT2D eigenvalue weighted by Crippen LogP contribution is -2.46. The first-order valence-corrected chi connectivity index (χ1v) is 13.9. The Balaban J connectivity index is 1.31. The van der Waals surface area contributed by atoms with E-state index in [1.54, 1.807) is 6.07 Å². The summed E-state index contributed by atoms with van der Waals surface area (Å²) in [5, 5.41) is 5.41. The number of Topliss-reactive ketones (excluding diaryl/α,β-unsaturated/α-hetero) is 1. The minimum absolute atomic E-state index is 0.0923. The molecule has 2 aliphatic rings. The van der Waals surface area contributed by atoms with E-state index in [9.17, 15) is 36.7 Å². The summed E-state index contributed by atoms with van der Waals surface area (Å²) < 4.78 is 57.2. The predicted molar refractivity (Wildman–Crippen MR) is 150 cm³/mol. The minimum atomic E-state index is -2.95. The summed E-state index contributed by atoms with van der Waals surface area (Å²) in [5.41, 5.74) is 1.11. The molecule has 0 aliphatic carbocycles. The Morgan fingerprint density at radius 1 is 1.14 bits per heavy atom. The largest absolute Gasteiger partial charge is 0.350 e. The van der Waals surface area contributed by atoms with Gasteiger partial charge in [0.2, 0.25) is 11.8 Å². The Bertz CT molecular complexity index is 1610. The van der Waals surface area contributed by atoms with Crippen molar-refractivity contribution in [1.29, 1.82) is 0 Å². The van der Waals surface area contributed by atoms with Gasteiger partial charge in [0, 0.05) is 59.8 Å². The maximum absolute atomic E-state index is 14.4. The van der Waals surface area contributed by atoms with Crippen LogP contribution in [-0.2, 0) is 22.7 Å². The van der Waals surface area contributed by atoms with E-state index < -0.39 is 54.8 Å². The van der Waals surface area contributed by atoms with Gasteiger partial charge in [-0.3, -0.25) is 14.4 Å². The lowest BCUT2D eigenvalue weighted by molar-refractivity contribution is -0.139. The average Bonchev–Trinajstić information content (AvgIpc) is 3.63. The minimum Gasteiger partial charge on any atom is -0.350 e. The molecular formula is C29H28ClF4N5O4. The van der Waals surface area contributed by atoms with E-state index in [1.807, 2.05) is 0 Å². The van der Waals surface area contributed by atoms with Crippen molar-refractivity contribution in [2.75, 3.05) is 25.0 Å². The maximum Gasteiger partial charge on any atom is 0.322 e. The summed E-state index contributed by atoms with van der Waals surface area (Å²) in [6.07, 6.45) is -0.642. The van der Waals surface area contributed by atoms with Crippen molar-refractivity contribution in [2.24, 2.45) is 0 Å². The number of alkyl halides is 3. The molecule has 0 spiro atoms. The highest BCUT2D eigenvalue weighted by atomic mass is 35.5. The van der Waals surface area contributed by atoms with Crippen molar-refractivity contribution < 1.29 is 36.7 Å². The van der Waals surface area contributed by atoms with Crippen LogP contribution in [0.3, 0.4) is 0 Å². The van der Waals surface area contributed by atoms with E-state index in [2.05, 4.69) is 10.6 Å². The van der Waals surface area contributed by atoms with Gasteiger partial charge in [-0.05, 0) is 31.2 Å². The molecular weight excluding hydrogens is 594 g/mol. The second-order valence-electron chi connectivity index (χ2n) is 10.7. The third-order valence-electron chi connectivity index (χ3n) is 7.63. The molecule has 2 N–H and O–H groups in total. The standard InChI is InChI=1S/C29H28ClF4N5O4/c1-16(40)21-13-38(23-6-5-19(10-20(21)23)36-28(43)37-8-7-29(33,34)15-37)14-25(41)39-12-18(31)9-24(39)27(42)35-11-17-3-2-4-22(30)26(17)32/h2-6,10,13,18,24H,7-9,11-12,14-15H2,1H3,(H,35,42)(H,36,43)/t18-,24+/m1/s1. The Hall–Kier alpha value is -4.13. The van der Waals surface area contributed by atoms with E-state index in [0.29, 0.717) is 10.9 Å². The molecule has 9 nitrogen and oxygen atoms in total. The Kier molecular flexibility index (Phi) is 8.37. The summed E-state index contributed by atoms with van der Waals surface area (Å²) >= 11 is 5.79. The number of nitrogens with zero attached hydrogens (tertiary/aromatic N) is 3. The van der Waals surface area contributed by atoms with Gasteiger partial charge in [-0.1, -0.05) is 23.7 Å². The highest BCUT2D eigenvalue weighted by molar-refractivity contribution is 6.30. The summed E-state index contributed by atoms with van der Waals surface area (Å²) in [7, 11) is 0. The molecule has 228 valence electrons. The van der Waals surface area contributed by atoms with Gasteiger partial charge < -0.3 is 25.0 Å². The van der Waals surface area contributed by atoms with Gasteiger partial charge in [0.05, 0.1) is 18.1 Å². The second kappa shape index (κ2) is 11.9. The summed E-state index contributed by atoms with van der Waals surface area (Å²) in [6.45, 7) is -0.291. The van der Waals surface area contributed by atoms with Crippen LogP contribution in [0, 0.1) is 5.82 Å². The Morgan fingerprint density at radius 2 is 1.91 bits per heavy atom. The van der Waals surface area contributed by atoms with E-state index in [4.69, 9.17) is 11.6 Å². The number of rotatable bonds is 7. The molecule has 2 aliphatic heterocycles. The molecule has 1 aromatic heterocycles. The van der Waals surface area contributed by atoms with Crippen LogP contribution in [-0.4, -0.2) is 75.8 Å². The Labute approximate surface area is 248 Å². The number of hydrogen-bond acceptors (Lipinski definition) is 4. The van der Waals surface area contributed by atoms with Crippen LogP contribution in [0.1, 0.15) is 35.7 Å². The fourth-order valence-corrected chi connectivity index (χ4v) is 5.62. The summed E-state index contributed by atoms with van der Waals surface area (Å²) in [5.74, 6) is -5.18. The van der Waals surface area contributed by atoms with Crippen molar-refractivity contribution in [3.05, 3.63) is 64.6 Å². The third kappa shape index (κ3) is 6.46. The summed E-state index contributed by atoms with van der Waals surface area (Å²) in [4.78, 5) is 53.3. The fraction of sp³-hybridized carbons (Fsp3) is 0.379. The lowest BCUT2D eigenvalue weighted by Gasteiger charge is -2.24. The molecule has 2 saturated heterocycles. The molecule has 2 aromatic carbocycles. The first kappa shape index (κ1) is 30.3. The maximum atomic E-state index is 14.4. The molecule has 2 atom stereocenters. The fourth-order valence-electron chi connectivity index (χ4n) is 5.43. The molecule has 3 aromatic rings. The van der Waals surface area contributed by atoms with E-state index in [-0.39, 0.29) is 60.2 Å². The molecule has 2 fully saturated rings. The van der Waals surface area contributed by atoms with Gasteiger partial charge in [0.15, 0.2) is 5.78 Å². The third-order valence-corrected chi connectivity index (χ3v) is 7.92.